The van der Waals surface area contributed by atoms with E-state index in [0.717, 1.165) is 6.42 Å². The van der Waals surface area contributed by atoms with Crippen molar-refractivity contribution >= 4 is 17.5 Å². The van der Waals surface area contributed by atoms with Crippen LogP contribution in [0.5, 0.6) is 5.75 Å². The molecule has 0 aliphatic carbocycles. The zero-order valence-corrected chi connectivity index (χ0v) is 16.4. The zero-order chi connectivity index (χ0) is 20.9. The maximum Gasteiger partial charge on any atom is 0.266 e. The van der Waals surface area contributed by atoms with E-state index in [-0.39, 0.29) is 17.2 Å². The second-order valence-electron chi connectivity index (χ2n) is 6.83. The minimum Gasteiger partial charge on any atom is -0.481 e. The number of para-hydroxylation sites is 1. The highest BCUT2D eigenvalue weighted by Gasteiger charge is 2.18. The average molecular weight is 403 g/mol. The van der Waals surface area contributed by atoms with Crippen molar-refractivity contribution in [2.45, 2.75) is 25.9 Å². The number of nitrogens with zero attached hydrogens (tertiary/aromatic N) is 3. The summed E-state index contributed by atoms with van der Waals surface area (Å²) >= 11 is 0. The van der Waals surface area contributed by atoms with Gasteiger partial charge in [-0.15, -0.1) is 5.10 Å². The Morgan fingerprint density at radius 3 is 2.53 bits per heavy atom. The van der Waals surface area contributed by atoms with Crippen LogP contribution >= 0.6 is 0 Å². The first-order chi connectivity index (χ1) is 14.6. The van der Waals surface area contributed by atoms with Crippen molar-refractivity contribution < 1.29 is 9.53 Å². The lowest BCUT2D eigenvalue weighted by molar-refractivity contribution is -0.122. The molecule has 2 aromatic heterocycles. The molecule has 0 aliphatic heterocycles. The molecule has 0 saturated heterocycles. The van der Waals surface area contributed by atoms with Gasteiger partial charge in [0.2, 0.25) is 5.78 Å². The monoisotopic (exact) mass is 403 g/mol. The van der Waals surface area contributed by atoms with E-state index in [0.29, 0.717) is 18.0 Å². The van der Waals surface area contributed by atoms with E-state index in [2.05, 4.69) is 20.4 Å². The van der Waals surface area contributed by atoms with Gasteiger partial charge in [0.15, 0.2) is 11.9 Å². The van der Waals surface area contributed by atoms with Crippen molar-refractivity contribution in [3.63, 3.8) is 0 Å². The molecule has 0 bridgehead atoms. The Balaban J connectivity index is 1.51. The second-order valence-corrected chi connectivity index (χ2v) is 6.83. The van der Waals surface area contributed by atoms with Crippen molar-refractivity contribution in [3.8, 4) is 5.75 Å². The van der Waals surface area contributed by atoms with Crippen LogP contribution in [0.15, 0.2) is 71.5 Å². The van der Waals surface area contributed by atoms with Gasteiger partial charge in [0.1, 0.15) is 11.6 Å². The summed E-state index contributed by atoms with van der Waals surface area (Å²) in [4.78, 5) is 31.6. The fourth-order valence-corrected chi connectivity index (χ4v) is 3.02. The standard InChI is InChI=1S/C22H21N5O3/c1-15(30-17-10-6-3-7-11-17)21(29)24-19-14-20(28)25-22-23-18(26-27(19)22)13-12-16-8-4-2-5-9-16/h2-11,14-15H,12-13H2,1H3,(H,24,29)(H,23,25,26,28). The maximum absolute atomic E-state index is 12.6. The van der Waals surface area contributed by atoms with Gasteiger partial charge in [-0.05, 0) is 31.0 Å². The number of hydrogen-bond donors (Lipinski definition) is 2. The normalized spacial score (nSPS) is 11.9. The number of fused-ring (bicyclic) bond motifs is 1. The molecule has 8 heteroatoms. The molecule has 4 rings (SSSR count). The zero-order valence-electron chi connectivity index (χ0n) is 16.4. The SMILES string of the molecule is CC(Oc1ccccc1)C(=O)Nc1cc(=O)[nH]c2nc(CCc3ccccc3)nn12. The molecule has 4 aromatic rings. The molecule has 2 heterocycles. The van der Waals surface area contributed by atoms with Gasteiger partial charge in [0.05, 0.1) is 0 Å². The Bertz CT molecular complexity index is 1200. The van der Waals surface area contributed by atoms with Crippen LogP contribution in [0.3, 0.4) is 0 Å². The van der Waals surface area contributed by atoms with Crippen LogP contribution in [-0.2, 0) is 17.6 Å². The highest BCUT2D eigenvalue weighted by molar-refractivity contribution is 5.93. The van der Waals surface area contributed by atoms with E-state index in [4.69, 9.17) is 4.74 Å². The molecule has 1 unspecified atom stereocenters. The van der Waals surface area contributed by atoms with Gasteiger partial charge in [-0.1, -0.05) is 48.5 Å². The number of hydrogen-bond acceptors (Lipinski definition) is 5. The van der Waals surface area contributed by atoms with Crippen molar-refractivity contribution in [1.82, 2.24) is 19.6 Å². The van der Waals surface area contributed by atoms with E-state index in [1.165, 1.54) is 16.1 Å². The first kappa shape index (κ1) is 19.4. The quantitative estimate of drug-likeness (QED) is 0.494. The number of aryl methyl sites for hydroxylation is 2. The number of carbonyl (C=O) groups is 1. The predicted molar refractivity (Wildman–Crippen MR) is 113 cm³/mol. The molecular weight excluding hydrogens is 382 g/mol. The second kappa shape index (κ2) is 8.60. The Morgan fingerprint density at radius 2 is 1.80 bits per heavy atom. The van der Waals surface area contributed by atoms with Crippen LogP contribution in [0.25, 0.3) is 5.78 Å². The molecule has 0 spiro atoms. The minimum absolute atomic E-state index is 0.237. The number of aromatic amines is 1. The fourth-order valence-electron chi connectivity index (χ4n) is 3.02. The third kappa shape index (κ3) is 4.54. The number of benzene rings is 2. The average Bonchev–Trinajstić information content (AvgIpc) is 3.16. The molecule has 0 radical (unpaired) electrons. The molecule has 1 atom stereocenters. The molecule has 30 heavy (non-hydrogen) atoms. The number of H-pyrrole nitrogens is 1. The topological polar surface area (TPSA) is 101 Å². The molecular formula is C22H21N5O3. The van der Waals surface area contributed by atoms with Crippen LogP contribution in [0, 0.1) is 0 Å². The Hall–Kier alpha value is -3.94. The number of ether oxygens (including phenoxy) is 1. The van der Waals surface area contributed by atoms with Crippen LogP contribution < -0.4 is 15.6 Å². The number of amides is 1. The van der Waals surface area contributed by atoms with E-state index >= 15 is 0 Å². The van der Waals surface area contributed by atoms with Gasteiger partial charge in [-0.3, -0.25) is 14.6 Å². The molecule has 2 aromatic carbocycles. The van der Waals surface area contributed by atoms with Crippen LogP contribution in [0.1, 0.15) is 18.3 Å². The summed E-state index contributed by atoms with van der Waals surface area (Å²) in [6, 6.07) is 20.3. The summed E-state index contributed by atoms with van der Waals surface area (Å²) in [5.41, 5.74) is 0.793. The lowest BCUT2D eigenvalue weighted by Crippen LogP contribution is -2.31. The molecule has 0 fully saturated rings. The van der Waals surface area contributed by atoms with E-state index in [1.807, 2.05) is 48.5 Å². The van der Waals surface area contributed by atoms with Gasteiger partial charge < -0.3 is 10.1 Å². The van der Waals surface area contributed by atoms with E-state index in [9.17, 15) is 9.59 Å². The van der Waals surface area contributed by atoms with Crippen LogP contribution in [-0.4, -0.2) is 31.6 Å². The van der Waals surface area contributed by atoms with Gasteiger partial charge in [-0.2, -0.15) is 9.50 Å². The van der Waals surface area contributed by atoms with Crippen molar-refractivity contribution in [2.24, 2.45) is 0 Å². The summed E-state index contributed by atoms with van der Waals surface area (Å²) in [7, 11) is 0. The van der Waals surface area contributed by atoms with Crippen molar-refractivity contribution in [2.75, 3.05) is 5.32 Å². The third-order valence-electron chi connectivity index (χ3n) is 4.54. The minimum atomic E-state index is -0.761. The summed E-state index contributed by atoms with van der Waals surface area (Å²) < 4.78 is 7.07. The molecule has 2 N–H and O–H groups in total. The molecule has 0 aliphatic rings. The van der Waals surface area contributed by atoms with Gasteiger partial charge in [0.25, 0.3) is 11.5 Å². The smallest absolute Gasteiger partial charge is 0.266 e. The number of anilines is 1. The Morgan fingerprint density at radius 1 is 1.10 bits per heavy atom. The number of nitrogens with one attached hydrogen (secondary N) is 2. The van der Waals surface area contributed by atoms with Gasteiger partial charge >= 0.3 is 0 Å². The molecule has 1 amide bonds. The molecule has 152 valence electrons. The van der Waals surface area contributed by atoms with Crippen molar-refractivity contribution in [1.29, 1.82) is 0 Å². The van der Waals surface area contributed by atoms with E-state index in [1.54, 1.807) is 19.1 Å². The first-order valence-corrected chi connectivity index (χ1v) is 9.64. The largest absolute Gasteiger partial charge is 0.481 e. The fraction of sp³-hybridized carbons (Fsp3) is 0.182. The Kier molecular flexibility index (Phi) is 5.56. The van der Waals surface area contributed by atoms with Crippen molar-refractivity contribution in [3.05, 3.63) is 88.5 Å². The van der Waals surface area contributed by atoms with Crippen LogP contribution in [0.4, 0.5) is 5.82 Å². The number of aromatic nitrogens is 4. The van der Waals surface area contributed by atoms with Gasteiger partial charge in [0, 0.05) is 12.5 Å². The van der Waals surface area contributed by atoms with Gasteiger partial charge in [-0.25, -0.2) is 0 Å². The number of rotatable bonds is 7. The maximum atomic E-state index is 12.6. The summed E-state index contributed by atoms with van der Waals surface area (Å²) in [5.74, 6) is 1.27. The Labute approximate surface area is 172 Å². The van der Waals surface area contributed by atoms with E-state index < -0.39 is 12.0 Å². The lowest BCUT2D eigenvalue weighted by atomic mass is 10.1. The third-order valence-corrected chi connectivity index (χ3v) is 4.54. The summed E-state index contributed by atoms with van der Waals surface area (Å²) in [6.45, 7) is 1.64. The summed E-state index contributed by atoms with van der Waals surface area (Å²) in [5, 5.41) is 7.15. The first-order valence-electron chi connectivity index (χ1n) is 9.64. The molecule has 8 nitrogen and oxygen atoms in total. The lowest BCUT2D eigenvalue weighted by Gasteiger charge is -2.14. The highest BCUT2D eigenvalue weighted by Crippen LogP contribution is 2.13. The highest BCUT2D eigenvalue weighted by atomic mass is 16.5. The molecule has 0 saturated carbocycles. The summed E-state index contributed by atoms with van der Waals surface area (Å²) in [6.07, 6.45) is 0.614. The van der Waals surface area contributed by atoms with Crippen LogP contribution in [0.2, 0.25) is 0 Å². The number of carbonyl (C=O) groups excluding carboxylic acids is 1. The predicted octanol–water partition coefficient (Wildman–Crippen LogP) is 2.61.